The molecule has 7 aromatic carbocycles. The smallest absolute Gasteiger partial charge is 0.0541 e. The third-order valence-electron chi connectivity index (χ3n) is 11.8. The first-order valence-corrected chi connectivity index (χ1v) is 19.0. The number of aromatic nitrogens is 1. The average molecular weight is 691 g/mol. The molecule has 0 unspecified atom stereocenters. The van der Waals surface area contributed by atoms with Gasteiger partial charge in [0.1, 0.15) is 0 Å². The molecule has 0 amide bonds. The van der Waals surface area contributed by atoms with Gasteiger partial charge in [0.05, 0.1) is 11.0 Å². The summed E-state index contributed by atoms with van der Waals surface area (Å²) >= 11 is 0. The number of allylic oxidation sites excluding steroid dienone is 4. The summed E-state index contributed by atoms with van der Waals surface area (Å²) in [6, 6.07) is 52.5. The second-order valence-corrected chi connectivity index (χ2v) is 15.1. The first-order chi connectivity index (χ1) is 26.6. The van der Waals surface area contributed by atoms with Gasteiger partial charge in [0.15, 0.2) is 0 Å². The first kappa shape index (κ1) is 30.9. The zero-order valence-corrected chi connectivity index (χ0v) is 30.3. The number of hydrogen-bond donors (Lipinski definition) is 0. The predicted octanol–water partition coefficient (Wildman–Crippen LogP) is 13.2. The van der Waals surface area contributed by atoms with E-state index in [-0.39, 0.29) is 0 Å². The number of nitrogens with zero attached hydrogens (tertiary/aromatic N) is 2. The lowest BCUT2D eigenvalue weighted by molar-refractivity contribution is 1.15. The zero-order valence-electron chi connectivity index (χ0n) is 30.3. The van der Waals surface area contributed by atoms with Gasteiger partial charge >= 0.3 is 0 Å². The fourth-order valence-corrected chi connectivity index (χ4v) is 9.22. The highest BCUT2D eigenvalue weighted by Gasteiger charge is 2.25. The lowest BCUT2D eigenvalue weighted by Crippen LogP contribution is -2.16. The van der Waals surface area contributed by atoms with E-state index in [1.165, 1.54) is 99.9 Å². The van der Waals surface area contributed by atoms with Crippen molar-refractivity contribution in [3.63, 3.8) is 0 Å². The van der Waals surface area contributed by atoms with Crippen molar-refractivity contribution in [3.8, 4) is 39.1 Å². The third kappa shape index (κ3) is 4.80. The van der Waals surface area contributed by atoms with Gasteiger partial charge in [-0.1, -0.05) is 115 Å². The van der Waals surface area contributed by atoms with Crippen LogP contribution in [0.1, 0.15) is 33.4 Å². The molecule has 0 saturated carbocycles. The molecule has 0 radical (unpaired) electrons. The Morgan fingerprint density at radius 1 is 0.500 bits per heavy atom. The maximum atomic E-state index is 4.52. The molecule has 0 atom stereocenters. The van der Waals surface area contributed by atoms with Crippen molar-refractivity contribution in [3.05, 3.63) is 209 Å². The van der Waals surface area contributed by atoms with E-state index in [4.69, 9.17) is 0 Å². The summed E-state index contributed by atoms with van der Waals surface area (Å²) in [6.45, 7) is 6.69. The predicted molar refractivity (Wildman–Crippen MR) is 227 cm³/mol. The molecule has 8 aromatic rings. The fraction of sp³-hybridized carbons (Fsp3) is 0.0769. The number of rotatable bonds is 3. The molecule has 3 aliphatic rings. The maximum absolute atomic E-state index is 4.52. The van der Waals surface area contributed by atoms with Gasteiger partial charge in [0, 0.05) is 33.5 Å². The van der Waals surface area contributed by atoms with Gasteiger partial charge < -0.3 is 9.47 Å². The molecule has 1 aromatic heterocycles. The van der Waals surface area contributed by atoms with Gasteiger partial charge in [-0.15, -0.1) is 0 Å². The number of anilines is 2. The Morgan fingerprint density at radius 3 is 1.70 bits per heavy atom. The van der Waals surface area contributed by atoms with Crippen LogP contribution >= 0.6 is 0 Å². The lowest BCUT2D eigenvalue weighted by atomic mass is 9.95. The number of hydrogen-bond acceptors (Lipinski definition) is 1. The van der Waals surface area contributed by atoms with Crippen LogP contribution in [0.2, 0.25) is 0 Å². The Bertz CT molecular complexity index is 2900. The minimum atomic E-state index is 0.884. The number of para-hydroxylation sites is 2. The van der Waals surface area contributed by atoms with E-state index in [1.807, 2.05) is 0 Å². The Balaban J connectivity index is 0.983. The van der Waals surface area contributed by atoms with Crippen LogP contribution in [0, 0.1) is 6.92 Å². The van der Waals surface area contributed by atoms with Crippen molar-refractivity contribution in [1.82, 2.24) is 4.57 Å². The summed E-state index contributed by atoms with van der Waals surface area (Å²) in [6.07, 6.45) is 11.4. The lowest BCUT2D eigenvalue weighted by Gasteiger charge is -2.28. The second kappa shape index (κ2) is 11.9. The van der Waals surface area contributed by atoms with Crippen LogP contribution in [0.4, 0.5) is 11.4 Å². The molecule has 2 nitrogen and oxygen atoms in total. The van der Waals surface area contributed by atoms with Crippen LogP contribution in [0.3, 0.4) is 0 Å². The van der Waals surface area contributed by atoms with Crippen LogP contribution < -0.4 is 4.90 Å². The first-order valence-electron chi connectivity index (χ1n) is 19.0. The van der Waals surface area contributed by atoms with Crippen molar-refractivity contribution in [2.45, 2.75) is 26.2 Å². The Morgan fingerprint density at radius 2 is 1.06 bits per heavy atom. The Labute approximate surface area is 316 Å². The summed E-state index contributed by atoms with van der Waals surface area (Å²) in [5.74, 6) is 0. The van der Waals surface area contributed by atoms with Crippen molar-refractivity contribution >= 4 is 33.2 Å². The van der Waals surface area contributed by atoms with Crippen molar-refractivity contribution in [2.75, 3.05) is 4.90 Å². The number of benzene rings is 7. The average Bonchev–Trinajstić information content (AvgIpc) is 3.88. The quantitative estimate of drug-likeness (QED) is 0.179. The molecule has 256 valence electrons. The summed E-state index contributed by atoms with van der Waals surface area (Å²) in [5, 5.41) is 2.58. The van der Waals surface area contributed by atoms with E-state index < -0.39 is 0 Å². The summed E-state index contributed by atoms with van der Waals surface area (Å²) in [5.41, 5.74) is 22.9. The van der Waals surface area contributed by atoms with Crippen LogP contribution in [-0.4, -0.2) is 4.57 Å². The molecule has 2 heterocycles. The standard InChI is InChI=1S/C52H38N2/c1-33-16-25-50-41(26-33)11-5-3-4-10-34(2)53(50)42-23-21-39-27-37-19-17-35(29-46(37)48(39)31-42)36-18-20-38-28-40-22-24-43(32-49(40)47(38)30-36)54-51-14-8-6-12-44(51)45-13-7-9-15-52(45)54/h3-10,12-26,29-32H,2,11,27-28H2,1H3/b5-3-,10-4-. The Kier molecular flexibility index (Phi) is 6.84. The normalized spacial score (nSPS) is 15.2. The minimum absolute atomic E-state index is 0.884. The van der Waals surface area contributed by atoms with Crippen LogP contribution in [0.15, 0.2) is 176 Å². The fourth-order valence-electron chi connectivity index (χ4n) is 9.22. The molecule has 2 aliphatic carbocycles. The second-order valence-electron chi connectivity index (χ2n) is 15.1. The number of fused-ring (bicyclic) bond motifs is 10. The molecule has 0 N–H and O–H groups in total. The highest BCUT2D eigenvalue weighted by molar-refractivity contribution is 6.09. The van der Waals surface area contributed by atoms with Crippen LogP contribution in [-0.2, 0) is 19.3 Å². The topological polar surface area (TPSA) is 8.17 Å². The van der Waals surface area contributed by atoms with Crippen LogP contribution in [0.5, 0.6) is 0 Å². The van der Waals surface area contributed by atoms with Gasteiger partial charge in [0.2, 0.25) is 0 Å². The molecular weight excluding hydrogens is 653 g/mol. The van der Waals surface area contributed by atoms with Gasteiger partial charge in [-0.2, -0.15) is 0 Å². The Hall–Kier alpha value is -6.64. The van der Waals surface area contributed by atoms with Gasteiger partial charge in [0.25, 0.3) is 0 Å². The zero-order chi connectivity index (χ0) is 35.9. The molecule has 54 heavy (non-hydrogen) atoms. The van der Waals surface area contributed by atoms with Crippen molar-refractivity contribution in [1.29, 1.82) is 0 Å². The molecule has 0 spiro atoms. The highest BCUT2D eigenvalue weighted by Crippen LogP contribution is 2.45. The van der Waals surface area contributed by atoms with Crippen molar-refractivity contribution in [2.24, 2.45) is 0 Å². The van der Waals surface area contributed by atoms with Crippen LogP contribution in [0.25, 0.3) is 60.9 Å². The molecule has 0 fully saturated rings. The maximum Gasteiger partial charge on any atom is 0.0541 e. The van der Waals surface area contributed by atoms with E-state index in [0.29, 0.717) is 0 Å². The summed E-state index contributed by atoms with van der Waals surface area (Å²) in [7, 11) is 0. The molecular formula is C52H38N2. The van der Waals surface area contributed by atoms with E-state index >= 15 is 0 Å². The summed E-state index contributed by atoms with van der Waals surface area (Å²) < 4.78 is 2.43. The van der Waals surface area contributed by atoms with Gasteiger partial charge in [-0.25, -0.2) is 0 Å². The number of aryl methyl sites for hydroxylation is 1. The monoisotopic (exact) mass is 690 g/mol. The SMILES string of the molecule is C=C1/C=C\C=C/Cc2cc(C)ccc2N1c1ccc2c(c1)-c1cc(-c3ccc4c(c3)-c3cc(-n5c6ccccc6c6ccccc65)ccc3C4)ccc1C2. The molecule has 2 heteroatoms. The third-order valence-corrected chi connectivity index (χ3v) is 11.8. The minimum Gasteiger partial charge on any atom is -0.311 e. The molecule has 1 aliphatic heterocycles. The molecule has 11 rings (SSSR count). The van der Waals surface area contributed by atoms with E-state index in [2.05, 4.69) is 187 Å². The van der Waals surface area contributed by atoms with E-state index in [0.717, 1.165) is 30.6 Å². The largest absolute Gasteiger partial charge is 0.311 e. The van der Waals surface area contributed by atoms with Crippen molar-refractivity contribution < 1.29 is 0 Å². The molecule has 0 saturated heterocycles. The summed E-state index contributed by atoms with van der Waals surface area (Å²) in [4.78, 5) is 2.33. The van der Waals surface area contributed by atoms with Gasteiger partial charge in [-0.05, 0) is 148 Å². The molecule has 0 bridgehead atoms. The van der Waals surface area contributed by atoms with E-state index in [9.17, 15) is 0 Å². The van der Waals surface area contributed by atoms with Gasteiger partial charge in [-0.3, -0.25) is 0 Å². The highest BCUT2D eigenvalue weighted by atomic mass is 15.1. The van der Waals surface area contributed by atoms with E-state index in [1.54, 1.807) is 0 Å².